The fourth-order valence-electron chi connectivity index (χ4n) is 1.65. The van der Waals surface area contributed by atoms with Crippen LogP contribution in [0.5, 0.6) is 0 Å². The average Bonchev–Trinajstić information content (AvgIpc) is 2.44. The van der Waals surface area contributed by atoms with E-state index in [9.17, 15) is 9.59 Å². The van der Waals surface area contributed by atoms with Crippen molar-refractivity contribution in [2.75, 3.05) is 19.1 Å². The minimum absolute atomic E-state index is 0.200. The first-order valence-electron chi connectivity index (χ1n) is 6.20. The lowest BCUT2D eigenvalue weighted by Crippen LogP contribution is -2.36. The molecule has 1 aromatic carbocycles. The molecule has 0 aliphatic carbocycles. The molecule has 19 heavy (non-hydrogen) atoms. The van der Waals surface area contributed by atoms with E-state index >= 15 is 0 Å². The highest BCUT2D eigenvalue weighted by atomic mass is 32.2. The van der Waals surface area contributed by atoms with Gasteiger partial charge in [0.1, 0.15) is 6.29 Å². The summed E-state index contributed by atoms with van der Waals surface area (Å²) in [5.41, 5.74) is 1.70. The number of carbonyl (C=O) groups is 2. The van der Waals surface area contributed by atoms with Gasteiger partial charge in [-0.1, -0.05) is 12.1 Å². The van der Waals surface area contributed by atoms with E-state index in [1.165, 1.54) is 0 Å². The second-order valence-corrected chi connectivity index (χ2v) is 5.21. The topological polar surface area (TPSA) is 58.2 Å². The zero-order valence-corrected chi connectivity index (χ0v) is 12.1. The highest BCUT2D eigenvalue weighted by molar-refractivity contribution is 7.98. The smallest absolute Gasteiger partial charge is 0.251 e. The van der Waals surface area contributed by atoms with Crippen molar-refractivity contribution >= 4 is 24.0 Å². The van der Waals surface area contributed by atoms with E-state index in [0.29, 0.717) is 12.0 Å². The van der Waals surface area contributed by atoms with Gasteiger partial charge in [-0.3, -0.25) is 4.79 Å². The molecule has 1 amide bonds. The predicted molar refractivity (Wildman–Crippen MR) is 79.5 cm³/mol. The Hall–Kier alpha value is -1.33. The van der Waals surface area contributed by atoms with Gasteiger partial charge in [-0.25, -0.2) is 0 Å². The van der Waals surface area contributed by atoms with E-state index in [0.717, 1.165) is 24.1 Å². The Labute approximate surface area is 118 Å². The molecule has 104 valence electrons. The van der Waals surface area contributed by atoms with Gasteiger partial charge >= 0.3 is 0 Å². The third-order valence-corrected chi connectivity index (χ3v) is 3.35. The van der Waals surface area contributed by atoms with Crippen LogP contribution in [0.1, 0.15) is 22.3 Å². The number of hydrogen-bond acceptors (Lipinski definition) is 4. The SMILES string of the molecule is CNCc1ccc(C(=O)NC(C=O)CCSC)cc1. The van der Waals surface area contributed by atoms with Crippen LogP contribution in [-0.2, 0) is 11.3 Å². The molecule has 0 fully saturated rings. The summed E-state index contributed by atoms with van der Waals surface area (Å²) in [5, 5.41) is 5.78. The molecule has 1 atom stereocenters. The summed E-state index contributed by atoms with van der Waals surface area (Å²) < 4.78 is 0. The maximum absolute atomic E-state index is 12.0. The Morgan fingerprint density at radius 2 is 2.05 bits per heavy atom. The minimum atomic E-state index is -0.406. The number of amides is 1. The standard InChI is InChI=1S/C14H20N2O2S/c1-15-9-11-3-5-12(6-4-11)14(18)16-13(10-17)7-8-19-2/h3-6,10,13,15H,7-9H2,1-2H3,(H,16,18). The van der Waals surface area contributed by atoms with Gasteiger partial charge in [0.15, 0.2) is 0 Å². The van der Waals surface area contributed by atoms with Gasteiger partial charge in [0.05, 0.1) is 6.04 Å². The van der Waals surface area contributed by atoms with Crippen molar-refractivity contribution < 1.29 is 9.59 Å². The Bertz CT molecular complexity index is 406. The van der Waals surface area contributed by atoms with Crippen LogP contribution in [0.2, 0.25) is 0 Å². The van der Waals surface area contributed by atoms with Gasteiger partial charge in [0, 0.05) is 12.1 Å². The summed E-state index contributed by atoms with van der Waals surface area (Å²) in [4.78, 5) is 22.8. The molecule has 0 spiro atoms. The number of benzene rings is 1. The van der Waals surface area contributed by atoms with Crippen molar-refractivity contribution in [1.29, 1.82) is 0 Å². The predicted octanol–water partition coefficient (Wildman–Crippen LogP) is 1.46. The van der Waals surface area contributed by atoms with E-state index < -0.39 is 6.04 Å². The lowest BCUT2D eigenvalue weighted by Gasteiger charge is -2.12. The molecule has 1 unspecified atom stereocenters. The van der Waals surface area contributed by atoms with Gasteiger partial charge in [-0.05, 0) is 43.2 Å². The van der Waals surface area contributed by atoms with Crippen molar-refractivity contribution in [3.63, 3.8) is 0 Å². The zero-order chi connectivity index (χ0) is 14.1. The van der Waals surface area contributed by atoms with Crippen molar-refractivity contribution in [3.8, 4) is 0 Å². The van der Waals surface area contributed by atoms with Crippen LogP contribution >= 0.6 is 11.8 Å². The molecule has 4 nitrogen and oxygen atoms in total. The highest BCUT2D eigenvalue weighted by Crippen LogP contribution is 2.05. The molecule has 0 bridgehead atoms. The van der Waals surface area contributed by atoms with Crippen LogP contribution in [0.4, 0.5) is 0 Å². The van der Waals surface area contributed by atoms with Crippen molar-refractivity contribution in [1.82, 2.24) is 10.6 Å². The molecule has 0 aliphatic heterocycles. The molecule has 0 saturated carbocycles. The van der Waals surface area contributed by atoms with E-state index in [1.807, 2.05) is 25.4 Å². The normalized spacial score (nSPS) is 11.9. The van der Waals surface area contributed by atoms with Crippen molar-refractivity contribution in [2.45, 2.75) is 19.0 Å². The summed E-state index contributed by atoms with van der Waals surface area (Å²) in [6.07, 6.45) is 3.43. The third-order valence-electron chi connectivity index (χ3n) is 2.71. The number of aldehydes is 1. The third kappa shape index (κ3) is 5.44. The van der Waals surface area contributed by atoms with Gasteiger partial charge in [-0.2, -0.15) is 11.8 Å². The molecular weight excluding hydrogens is 260 g/mol. The first-order chi connectivity index (χ1) is 9.21. The summed E-state index contributed by atoms with van der Waals surface area (Å²) in [5.74, 6) is 0.652. The van der Waals surface area contributed by atoms with Crippen LogP contribution in [0.25, 0.3) is 0 Å². The van der Waals surface area contributed by atoms with E-state index in [2.05, 4.69) is 10.6 Å². The van der Waals surface area contributed by atoms with Crippen LogP contribution in [0.3, 0.4) is 0 Å². The van der Waals surface area contributed by atoms with Crippen LogP contribution in [0.15, 0.2) is 24.3 Å². The zero-order valence-electron chi connectivity index (χ0n) is 11.3. The maximum atomic E-state index is 12.0. The maximum Gasteiger partial charge on any atom is 0.251 e. The van der Waals surface area contributed by atoms with Gasteiger partial charge in [0.2, 0.25) is 0 Å². The Morgan fingerprint density at radius 1 is 1.37 bits per heavy atom. The van der Waals surface area contributed by atoms with Crippen LogP contribution < -0.4 is 10.6 Å². The van der Waals surface area contributed by atoms with Gasteiger partial charge < -0.3 is 15.4 Å². The van der Waals surface area contributed by atoms with Crippen LogP contribution in [-0.4, -0.2) is 37.3 Å². The average molecular weight is 280 g/mol. The van der Waals surface area contributed by atoms with Gasteiger partial charge in [0.25, 0.3) is 5.91 Å². The first kappa shape index (κ1) is 15.7. The molecule has 0 aromatic heterocycles. The van der Waals surface area contributed by atoms with E-state index in [4.69, 9.17) is 0 Å². The highest BCUT2D eigenvalue weighted by Gasteiger charge is 2.12. The van der Waals surface area contributed by atoms with Crippen LogP contribution in [0, 0.1) is 0 Å². The first-order valence-corrected chi connectivity index (χ1v) is 7.59. The fourth-order valence-corrected chi connectivity index (χ4v) is 2.14. The second-order valence-electron chi connectivity index (χ2n) is 4.22. The number of carbonyl (C=O) groups excluding carboxylic acids is 2. The monoisotopic (exact) mass is 280 g/mol. The minimum Gasteiger partial charge on any atom is -0.342 e. The Kier molecular flexibility index (Phi) is 7.22. The Morgan fingerprint density at radius 3 is 2.58 bits per heavy atom. The fraction of sp³-hybridized carbons (Fsp3) is 0.429. The second kappa shape index (κ2) is 8.72. The summed E-state index contributed by atoms with van der Waals surface area (Å²) >= 11 is 1.66. The molecule has 1 rings (SSSR count). The Balaban J connectivity index is 2.58. The molecule has 5 heteroatoms. The quantitative estimate of drug-likeness (QED) is 0.708. The summed E-state index contributed by atoms with van der Waals surface area (Å²) in [7, 11) is 1.88. The number of nitrogens with one attached hydrogen (secondary N) is 2. The molecule has 0 saturated heterocycles. The molecule has 2 N–H and O–H groups in total. The van der Waals surface area contributed by atoms with Crippen molar-refractivity contribution in [2.24, 2.45) is 0 Å². The lowest BCUT2D eigenvalue weighted by molar-refractivity contribution is -0.109. The molecule has 0 radical (unpaired) electrons. The number of rotatable bonds is 8. The largest absolute Gasteiger partial charge is 0.342 e. The number of hydrogen-bond donors (Lipinski definition) is 2. The van der Waals surface area contributed by atoms with E-state index in [-0.39, 0.29) is 5.91 Å². The molecular formula is C14H20N2O2S. The molecule has 1 aromatic rings. The lowest BCUT2D eigenvalue weighted by atomic mass is 10.1. The number of thioether (sulfide) groups is 1. The molecule has 0 aliphatic rings. The summed E-state index contributed by atoms with van der Waals surface area (Å²) in [6.45, 7) is 0.770. The molecule has 0 heterocycles. The van der Waals surface area contributed by atoms with Crippen molar-refractivity contribution in [3.05, 3.63) is 35.4 Å². The summed E-state index contributed by atoms with van der Waals surface area (Å²) in [6, 6.07) is 6.96. The van der Waals surface area contributed by atoms with Gasteiger partial charge in [-0.15, -0.1) is 0 Å². The van der Waals surface area contributed by atoms with E-state index in [1.54, 1.807) is 23.9 Å².